The molecule has 4 heterocycles. The molecular weight excluding hydrogens is 420 g/mol. The topological polar surface area (TPSA) is 67.2 Å². The van der Waals surface area contributed by atoms with Crippen LogP contribution in [-0.2, 0) is 9.53 Å². The number of nitrogens with zero attached hydrogens (tertiary/aromatic N) is 4. The number of aryl methyl sites for hydroxylation is 1. The molecule has 2 fully saturated rings. The number of pyridine rings is 1. The van der Waals surface area contributed by atoms with Crippen molar-refractivity contribution in [3.05, 3.63) is 44.7 Å². The molecule has 0 N–H and O–H groups in total. The van der Waals surface area contributed by atoms with Crippen molar-refractivity contribution in [2.24, 2.45) is 0 Å². The van der Waals surface area contributed by atoms with Gasteiger partial charge in [0, 0.05) is 25.3 Å². The van der Waals surface area contributed by atoms with Gasteiger partial charge >= 0.3 is 0 Å². The summed E-state index contributed by atoms with van der Waals surface area (Å²) in [5.41, 5.74) is 1.75. The fourth-order valence-corrected chi connectivity index (χ4v) is 5.01. The van der Waals surface area contributed by atoms with Gasteiger partial charge < -0.3 is 9.64 Å². The number of thiocarbonyl (C=S) groups is 1. The van der Waals surface area contributed by atoms with Crippen molar-refractivity contribution >= 4 is 51.7 Å². The van der Waals surface area contributed by atoms with Crippen LogP contribution in [0.3, 0.4) is 0 Å². The Hall–Kier alpha value is -2.23. The fraction of sp³-hybridized carbons (Fsp3) is 0.429. The van der Waals surface area contributed by atoms with E-state index in [0.717, 1.165) is 12.0 Å². The van der Waals surface area contributed by atoms with Crippen LogP contribution < -0.4 is 10.5 Å². The predicted octanol–water partition coefficient (Wildman–Crippen LogP) is 2.84. The van der Waals surface area contributed by atoms with E-state index in [1.807, 2.05) is 37.8 Å². The van der Waals surface area contributed by atoms with Crippen LogP contribution in [-0.4, -0.2) is 56.9 Å². The largest absolute Gasteiger partial charge is 0.378 e. The van der Waals surface area contributed by atoms with Crippen molar-refractivity contribution < 1.29 is 9.53 Å². The minimum Gasteiger partial charge on any atom is -0.378 e. The van der Waals surface area contributed by atoms with Crippen LogP contribution in [0.5, 0.6) is 0 Å². The number of carbonyl (C=O) groups excluding carboxylic acids is 1. The number of hydrogen-bond acceptors (Lipinski definition) is 7. The summed E-state index contributed by atoms with van der Waals surface area (Å²) in [6.45, 7) is 8.35. The highest BCUT2D eigenvalue weighted by atomic mass is 32.2. The first kappa shape index (κ1) is 21.0. The minimum atomic E-state index is -0.195. The summed E-state index contributed by atoms with van der Waals surface area (Å²) >= 11 is 6.68. The second-order valence-corrected chi connectivity index (χ2v) is 9.17. The van der Waals surface area contributed by atoms with Gasteiger partial charge in [0.25, 0.3) is 11.5 Å². The van der Waals surface area contributed by atoms with Crippen LogP contribution in [0.2, 0.25) is 0 Å². The molecular formula is C21H24N4O3S2. The molecule has 4 rings (SSSR count). The Bertz CT molecular complexity index is 1110. The molecule has 2 saturated heterocycles. The van der Waals surface area contributed by atoms with Gasteiger partial charge in [-0.05, 0) is 38.0 Å². The van der Waals surface area contributed by atoms with Crippen LogP contribution >= 0.6 is 24.0 Å². The molecule has 0 spiro atoms. The van der Waals surface area contributed by atoms with Crippen LogP contribution in [0.15, 0.2) is 28.0 Å². The van der Waals surface area contributed by atoms with Crippen LogP contribution in [0.25, 0.3) is 11.7 Å². The molecule has 0 aliphatic carbocycles. The Balaban J connectivity index is 1.87. The van der Waals surface area contributed by atoms with Gasteiger partial charge in [0.2, 0.25) is 0 Å². The third-order valence-electron chi connectivity index (χ3n) is 5.43. The summed E-state index contributed by atoms with van der Waals surface area (Å²) in [7, 11) is 0. The summed E-state index contributed by atoms with van der Waals surface area (Å²) in [5, 5.41) is 0. The van der Waals surface area contributed by atoms with E-state index >= 15 is 0 Å². The maximum absolute atomic E-state index is 13.4. The van der Waals surface area contributed by atoms with E-state index in [0.29, 0.717) is 52.6 Å². The lowest BCUT2D eigenvalue weighted by molar-refractivity contribution is -0.123. The Morgan fingerprint density at radius 1 is 1.30 bits per heavy atom. The smallest absolute Gasteiger partial charge is 0.267 e. The van der Waals surface area contributed by atoms with Gasteiger partial charge in [-0.15, -0.1) is 0 Å². The normalized spacial score (nSPS) is 19.9. The summed E-state index contributed by atoms with van der Waals surface area (Å²) in [5.74, 6) is 0.432. The lowest BCUT2D eigenvalue weighted by Crippen LogP contribution is -2.39. The number of rotatable bonds is 4. The number of morpholine rings is 1. The standard InChI is InChI=1S/C21H24N4O3S2/c1-4-14(3)25-20(27)16(30-21(25)29)11-15-18(23-7-9-28-10-8-23)22-17-6-5-13(2)12-24(17)19(15)26/h5-6,11-12,14H,4,7-10H2,1-3H3/b16-11-/t14-/m0/s1. The number of fused-ring (bicyclic) bond motifs is 1. The van der Waals surface area contributed by atoms with Gasteiger partial charge in [-0.25, -0.2) is 4.98 Å². The van der Waals surface area contributed by atoms with E-state index in [1.54, 1.807) is 21.6 Å². The van der Waals surface area contributed by atoms with Gasteiger partial charge in [-0.1, -0.05) is 37.0 Å². The second kappa shape index (κ2) is 8.49. The molecule has 30 heavy (non-hydrogen) atoms. The number of thioether (sulfide) groups is 1. The zero-order valence-corrected chi connectivity index (χ0v) is 18.9. The summed E-state index contributed by atoms with van der Waals surface area (Å²) in [4.78, 5) is 35.4. The Labute approximate surface area is 184 Å². The average molecular weight is 445 g/mol. The minimum absolute atomic E-state index is 0.0144. The van der Waals surface area contributed by atoms with Crippen molar-refractivity contribution in [2.75, 3.05) is 31.2 Å². The zero-order chi connectivity index (χ0) is 21.4. The zero-order valence-electron chi connectivity index (χ0n) is 17.3. The number of hydrogen-bond donors (Lipinski definition) is 0. The van der Waals surface area contributed by atoms with Gasteiger partial charge in [0.05, 0.1) is 23.7 Å². The van der Waals surface area contributed by atoms with Gasteiger partial charge in [-0.3, -0.25) is 18.9 Å². The van der Waals surface area contributed by atoms with Crippen molar-refractivity contribution in [3.8, 4) is 0 Å². The molecule has 0 bridgehead atoms. The summed E-state index contributed by atoms with van der Waals surface area (Å²) in [6.07, 6.45) is 4.24. The Kier molecular flexibility index (Phi) is 5.95. The molecule has 2 aromatic heterocycles. The molecule has 0 radical (unpaired) electrons. The molecule has 0 unspecified atom stereocenters. The lowest BCUT2D eigenvalue weighted by Gasteiger charge is -2.29. The van der Waals surface area contributed by atoms with E-state index < -0.39 is 0 Å². The van der Waals surface area contributed by atoms with E-state index in [9.17, 15) is 9.59 Å². The van der Waals surface area contributed by atoms with E-state index in [-0.39, 0.29) is 17.5 Å². The van der Waals surface area contributed by atoms with Crippen LogP contribution in [0.1, 0.15) is 31.4 Å². The number of amides is 1. The number of carbonyl (C=O) groups is 1. The van der Waals surface area contributed by atoms with Crippen LogP contribution in [0, 0.1) is 6.92 Å². The number of anilines is 1. The van der Waals surface area contributed by atoms with Gasteiger partial charge in [-0.2, -0.15) is 0 Å². The Morgan fingerprint density at radius 2 is 2.03 bits per heavy atom. The van der Waals surface area contributed by atoms with E-state index in [1.165, 1.54) is 11.8 Å². The molecule has 1 atom stereocenters. The summed E-state index contributed by atoms with van der Waals surface area (Å²) < 4.78 is 7.53. The third kappa shape index (κ3) is 3.77. The first-order chi connectivity index (χ1) is 14.4. The highest BCUT2D eigenvalue weighted by Crippen LogP contribution is 2.35. The van der Waals surface area contributed by atoms with Crippen molar-refractivity contribution in [2.45, 2.75) is 33.2 Å². The SMILES string of the molecule is CC[C@H](C)N1C(=O)/C(=C/c2c(N3CCOCC3)nc3ccc(C)cn3c2=O)SC1=S. The van der Waals surface area contributed by atoms with E-state index in [4.69, 9.17) is 21.9 Å². The van der Waals surface area contributed by atoms with Crippen molar-refractivity contribution in [1.29, 1.82) is 0 Å². The molecule has 2 aliphatic heterocycles. The molecule has 2 aromatic rings. The number of aromatic nitrogens is 2. The molecule has 2 aliphatic rings. The maximum atomic E-state index is 13.4. The Morgan fingerprint density at radius 3 is 2.73 bits per heavy atom. The highest BCUT2D eigenvalue weighted by Gasteiger charge is 2.35. The molecule has 7 nitrogen and oxygen atoms in total. The van der Waals surface area contributed by atoms with Gasteiger partial charge in [0.15, 0.2) is 0 Å². The molecule has 0 aromatic carbocycles. The van der Waals surface area contributed by atoms with Crippen molar-refractivity contribution in [3.63, 3.8) is 0 Å². The first-order valence-corrected chi connectivity index (χ1v) is 11.3. The third-order valence-corrected chi connectivity index (χ3v) is 6.76. The van der Waals surface area contributed by atoms with Gasteiger partial charge in [0.1, 0.15) is 15.8 Å². The fourth-order valence-electron chi connectivity index (χ4n) is 3.56. The van der Waals surface area contributed by atoms with E-state index in [2.05, 4.69) is 0 Å². The predicted molar refractivity (Wildman–Crippen MR) is 124 cm³/mol. The lowest BCUT2D eigenvalue weighted by atomic mass is 10.2. The molecule has 158 valence electrons. The second-order valence-electron chi connectivity index (χ2n) is 7.50. The van der Waals surface area contributed by atoms with Crippen LogP contribution in [0.4, 0.5) is 5.82 Å². The maximum Gasteiger partial charge on any atom is 0.267 e. The summed E-state index contributed by atoms with van der Waals surface area (Å²) in [6, 6.07) is 3.79. The molecule has 1 amide bonds. The molecule has 9 heteroatoms. The molecule has 0 saturated carbocycles. The van der Waals surface area contributed by atoms with Crippen molar-refractivity contribution in [1.82, 2.24) is 14.3 Å². The quantitative estimate of drug-likeness (QED) is 0.531. The average Bonchev–Trinajstić information content (AvgIpc) is 3.03. The monoisotopic (exact) mass is 444 g/mol. The first-order valence-electron chi connectivity index (χ1n) is 10.0. The highest BCUT2D eigenvalue weighted by molar-refractivity contribution is 8.26. The number of ether oxygens (including phenoxy) is 1.